The number of likely N-dealkylation sites (tertiary alicyclic amines) is 1. The van der Waals surface area contributed by atoms with Gasteiger partial charge in [-0.3, -0.25) is 4.79 Å². The number of amides is 1. The standard InChI is InChI=1S/C18H21FN4O4/c1-10(2)16-20-15(21-23(16)13-7-5-4-6-12(13)19)17(24)22-9-11(27-3)8-14(22)18(25)26/h4-7,10-11,14H,8-9H2,1-3H3,(H,25,26). The van der Waals surface area contributed by atoms with E-state index in [0.29, 0.717) is 5.82 Å². The molecule has 2 aromatic rings. The van der Waals surface area contributed by atoms with Crippen molar-refractivity contribution in [2.75, 3.05) is 13.7 Å². The minimum absolute atomic E-state index is 0.126. The number of aliphatic carboxylic acids is 1. The SMILES string of the molecule is COC1CC(C(=O)O)N(C(=O)c2nc(C(C)C)n(-c3ccccc3F)n2)C1. The Morgan fingerprint density at radius 3 is 2.63 bits per heavy atom. The first-order valence-corrected chi connectivity index (χ1v) is 8.62. The number of carbonyl (C=O) groups excluding carboxylic acids is 1. The zero-order valence-electron chi connectivity index (χ0n) is 15.3. The van der Waals surface area contributed by atoms with Gasteiger partial charge in [0.2, 0.25) is 5.82 Å². The lowest BCUT2D eigenvalue weighted by molar-refractivity contribution is -0.141. The number of methoxy groups -OCH3 is 1. The highest BCUT2D eigenvalue weighted by molar-refractivity contribution is 5.94. The van der Waals surface area contributed by atoms with Gasteiger partial charge in [0.15, 0.2) is 0 Å². The molecule has 1 aromatic heterocycles. The molecule has 0 aliphatic carbocycles. The van der Waals surface area contributed by atoms with Gasteiger partial charge in [0.05, 0.1) is 6.10 Å². The number of para-hydroxylation sites is 1. The van der Waals surface area contributed by atoms with Gasteiger partial charge in [-0.15, -0.1) is 5.10 Å². The summed E-state index contributed by atoms with van der Waals surface area (Å²) in [7, 11) is 1.47. The van der Waals surface area contributed by atoms with Gasteiger partial charge in [0.25, 0.3) is 5.91 Å². The van der Waals surface area contributed by atoms with Crippen LogP contribution in [0.5, 0.6) is 0 Å². The predicted molar refractivity (Wildman–Crippen MR) is 93.3 cm³/mol. The molecule has 1 N–H and O–H groups in total. The number of carbonyl (C=O) groups is 2. The number of hydrogen-bond acceptors (Lipinski definition) is 5. The van der Waals surface area contributed by atoms with E-state index in [4.69, 9.17) is 4.74 Å². The van der Waals surface area contributed by atoms with Crippen molar-refractivity contribution < 1.29 is 23.8 Å². The van der Waals surface area contributed by atoms with E-state index < -0.39 is 23.7 Å². The highest BCUT2D eigenvalue weighted by Crippen LogP contribution is 2.24. The summed E-state index contributed by atoms with van der Waals surface area (Å²) in [6, 6.07) is 5.05. The minimum atomic E-state index is -1.11. The number of hydrogen-bond donors (Lipinski definition) is 1. The molecule has 2 heterocycles. The van der Waals surface area contributed by atoms with Crippen molar-refractivity contribution in [1.29, 1.82) is 0 Å². The quantitative estimate of drug-likeness (QED) is 0.855. The second-order valence-electron chi connectivity index (χ2n) is 6.72. The van der Waals surface area contributed by atoms with Crippen LogP contribution >= 0.6 is 0 Å². The Morgan fingerprint density at radius 1 is 1.33 bits per heavy atom. The molecule has 2 atom stereocenters. The molecule has 1 aromatic carbocycles. The molecule has 144 valence electrons. The largest absolute Gasteiger partial charge is 0.480 e. The number of rotatable bonds is 5. The summed E-state index contributed by atoms with van der Waals surface area (Å²) >= 11 is 0. The predicted octanol–water partition coefficient (Wildman–Crippen LogP) is 1.84. The number of carboxylic acids is 1. The lowest BCUT2D eigenvalue weighted by Crippen LogP contribution is -2.41. The van der Waals surface area contributed by atoms with E-state index in [0.717, 1.165) is 0 Å². The molecule has 0 bridgehead atoms. The van der Waals surface area contributed by atoms with E-state index >= 15 is 0 Å². The van der Waals surface area contributed by atoms with E-state index in [1.54, 1.807) is 18.2 Å². The van der Waals surface area contributed by atoms with Crippen LogP contribution in [0.4, 0.5) is 4.39 Å². The molecule has 0 radical (unpaired) electrons. The number of nitrogens with zero attached hydrogens (tertiary/aromatic N) is 4. The number of halogens is 1. The van der Waals surface area contributed by atoms with E-state index in [1.165, 1.54) is 22.8 Å². The lowest BCUT2D eigenvalue weighted by atomic mass is 10.2. The van der Waals surface area contributed by atoms with E-state index in [-0.39, 0.29) is 36.5 Å². The summed E-state index contributed by atoms with van der Waals surface area (Å²) in [5, 5.41) is 13.6. The van der Waals surface area contributed by atoms with Gasteiger partial charge < -0.3 is 14.7 Å². The average Bonchev–Trinajstić information content (AvgIpc) is 3.26. The molecule has 27 heavy (non-hydrogen) atoms. The minimum Gasteiger partial charge on any atom is -0.480 e. The Bertz CT molecular complexity index is 867. The Balaban J connectivity index is 2.00. The highest BCUT2D eigenvalue weighted by Gasteiger charge is 2.41. The molecular formula is C18H21FN4O4. The number of benzene rings is 1. The fourth-order valence-electron chi connectivity index (χ4n) is 3.14. The Labute approximate surface area is 155 Å². The maximum Gasteiger partial charge on any atom is 0.326 e. The van der Waals surface area contributed by atoms with Crippen LogP contribution in [0, 0.1) is 5.82 Å². The van der Waals surface area contributed by atoms with Crippen LogP contribution in [-0.4, -0.2) is 62.4 Å². The van der Waals surface area contributed by atoms with Crippen molar-refractivity contribution >= 4 is 11.9 Å². The number of aromatic nitrogens is 3. The molecule has 9 heteroatoms. The second-order valence-corrected chi connectivity index (χ2v) is 6.72. The number of ether oxygens (including phenoxy) is 1. The summed E-state index contributed by atoms with van der Waals surface area (Å²) in [6.45, 7) is 3.84. The van der Waals surface area contributed by atoms with Crippen molar-refractivity contribution in [3.63, 3.8) is 0 Å². The molecule has 2 unspecified atom stereocenters. The van der Waals surface area contributed by atoms with Gasteiger partial charge >= 0.3 is 5.97 Å². The van der Waals surface area contributed by atoms with E-state index in [2.05, 4.69) is 10.1 Å². The lowest BCUT2D eigenvalue weighted by Gasteiger charge is -2.19. The van der Waals surface area contributed by atoms with Crippen LogP contribution in [0.25, 0.3) is 5.69 Å². The zero-order valence-corrected chi connectivity index (χ0v) is 15.3. The third-order valence-electron chi connectivity index (χ3n) is 4.56. The van der Waals surface area contributed by atoms with Crippen molar-refractivity contribution in [3.8, 4) is 5.69 Å². The Hall–Kier alpha value is -2.81. The third kappa shape index (κ3) is 3.55. The summed E-state index contributed by atoms with van der Waals surface area (Å²) in [6.07, 6.45) is -0.170. The van der Waals surface area contributed by atoms with Crippen LogP contribution in [-0.2, 0) is 9.53 Å². The summed E-state index contributed by atoms with van der Waals surface area (Å²) in [5.74, 6) is -2.09. The molecule has 8 nitrogen and oxygen atoms in total. The summed E-state index contributed by atoms with van der Waals surface area (Å²) in [5.41, 5.74) is 0.179. The molecule has 1 aliphatic heterocycles. The molecule has 0 saturated carbocycles. The second kappa shape index (κ2) is 7.43. The first-order valence-electron chi connectivity index (χ1n) is 8.62. The number of carboxylic acid groups (broad SMARTS) is 1. The zero-order chi connectivity index (χ0) is 19.7. The average molecular weight is 376 g/mol. The van der Waals surface area contributed by atoms with Crippen LogP contribution in [0.2, 0.25) is 0 Å². The van der Waals surface area contributed by atoms with E-state index in [1.807, 2.05) is 13.8 Å². The van der Waals surface area contributed by atoms with Crippen molar-refractivity contribution in [2.24, 2.45) is 0 Å². The van der Waals surface area contributed by atoms with Crippen molar-refractivity contribution in [2.45, 2.75) is 38.3 Å². The van der Waals surface area contributed by atoms with Crippen LogP contribution in [0.15, 0.2) is 24.3 Å². The summed E-state index contributed by atoms with van der Waals surface area (Å²) < 4.78 is 20.7. The Morgan fingerprint density at radius 2 is 2.04 bits per heavy atom. The van der Waals surface area contributed by atoms with Crippen LogP contribution in [0.1, 0.15) is 42.6 Å². The van der Waals surface area contributed by atoms with Gasteiger partial charge in [-0.05, 0) is 12.1 Å². The molecule has 0 spiro atoms. The molecule has 1 amide bonds. The first-order chi connectivity index (χ1) is 12.8. The molecule has 1 fully saturated rings. The molecular weight excluding hydrogens is 355 g/mol. The van der Waals surface area contributed by atoms with Crippen LogP contribution < -0.4 is 0 Å². The third-order valence-corrected chi connectivity index (χ3v) is 4.56. The molecule has 1 saturated heterocycles. The Kier molecular flexibility index (Phi) is 5.22. The maximum atomic E-state index is 14.2. The monoisotopic (exact) mass is 376 g/mol. The first kappa shape index (κ1) is 19.0. The van der Waals surface area contributed by atoms with Crippen molar-refractivity contribution in [3.05, 3.63) is 41.7 Å². The smallest absolute Gasteiger partial charge is 0.326 e. The van der Waals surface area contributed by atoms with Gasteiger partial charge in [-0.25, -0.2) is 18.9 Å². The van der Waals surface area contributed by atoms with Gasteiger partial charge in [0, 0.05) is 26.0 Å². The molecule has 1 aliphatic rings. The van der Waals surface area contributed by atoms with E-state index in [9.17, 15) is 19.1 Å². The maximum absolute atomic E-state index is 14.2. The fraction of sp³-hybridized carbons (Fsp3) is 0.444. The van der Waals surface area contributed by atoms with Gasteiger partial charge in [-0.2, -0.15) is 0 Å². The fourth-order valence-corrected chi connectivity index (χ4v) is 3.14. The van der Waals surface area contributed by atoms with Gasteiger partial charge in [-0.1, -0.05) is 26.0 Å². The summed E-state index contributed by atoms with van der Waals surface area (Å²) in [4.78, 5) is 29.9. The van der Waals surface area contributed by atoms with Gasteiger partial charge in [0.1, 0.15) is 23.4 Å². The molecule has 3 rings (SSSR count). The highest BCUT2D eigenvalue weighted by atomic mass is 19.1. The van der Waals surface area contributed by atoms with Crippen molar-refractivity contribution in [1.82, 2.24) is 19.7 Å². The van der Waals surface area contributed by atoms with Crippen LogP contribution in [0.3, 0.4) is 0 Å². The normalized spacial score (nSPS) is 19.7. The topological polar surface area (TPSA) is 97.5 Å².